The van der Waals surface area contributed by atoms with E-state index in [0.717, 1.165) is 23.1 Å². The van der Waals surface area contributed by atoms with E-state index in [4.69, 9.17) is 5.73 Å². The standard InChI is InChI=1S/C14H15N5/c1-2-10-4-3-6-17-12(10)9-19-13-5-7-16-8-11(13)18-14(19)15/h3-8H,2,9H2,1H3,(H2,15,18). The summed E-state index contributed by atoms with van der Waals surface area (Å²) in [5.41, 5.74) is 10.1. The molecule has 3 rings (SSSR count). The first-order chi connectivity index (χ1) is 9.29. The first kappa shape index (κ1) is 11.6. The molecule has 0 aliphatic carbocycles. The van der Waals surface area contributed by atoms with E-state index in [1.807, 2.05) is 22.9 Å². The van der Waals surface area contributed by atoms with Gasteiger partial charge < -0.3 is 10.3 Å². The highest BCUT2D eigenvalue weighted by molar-refractivity contribution is 5.77. The molecule has 0 unspecified atom stereocenters. The molecule has 0 amide bonds. The normalized spacial score (nSPS) is 11.0. The predicted molar refractivity (Wildman–Crippen MR) is 74.7 cm³/mol. The van der Waals surface area contributed by atoms with Gasteiger partial charge in [0.25, 0.3) is 0 Å². The van der Waals surface area contributed by atoms with E-state index in [0.29, 0.717) is 12.5 Å². The Bertz CT molecular complexity index is 717. The lowest BCUT2D eigenvalue weighted by Gasteiger charge is -2.09. The van der Waals surface area contributed by atoms with Crippen molar-refractivity contribution in [1.29, 1.82) is 0 Å². The quantitative estimate of drug-likeness (QED) is 0.775. The van der Waals surface area contributed by atoms with Crippen LogP contribution in [-0.2, 0) is 13.0 Å². The maximum Gasteiger partial charge on any atom is 0.201 e. The van der Waals surface area contributed by atoms with Gasteiger partial charge in [0.15, 0.2) is 0 Å². The molecule has 3 heterocycles. The van der Waals surface area contributed by atoms with Gasteiger partial charge in [-0.25, -0.2) is 4.98 Å². The molecule has 0 radical (unpaired) electrons. The van der Waals surface area contributed by atoms with Crippen LogP contribution in [0.5, 0.6) is 0 Å². The zero-order chi connectivity index (χ0) is 13.2. The van der Waals surface area contributed by atoms with Gasteiger partial charge in [0.1, 0.15) is 5.52 Å². The first-order valence-electron chi connectivity index (χ1n) is 6.28. The first-order valence-corrected chi connectivity index (χ1v) is 6.28. The van der Waals surface area contributed by atoms with Crippen LogP contribution in [0, 0.1) is 0 Å². The summed E-state index contributed by atoms with van der Waals surface area (Å²) in [6, 6.07) is 5.98. The van der Waals surface area contributed by atoms with Crippen LogP contribution in [-0.4, -0.2) is 19.5 Å². The Morgan fingerprint density at radius 2 is 2.16 bits per heavy atom. The molecule has 5 heteroatoms. The second-order valence-corrected chi connectivity index (χ2v) is 4.38. The van der Waals surface area contributed by atoms with Crippen LogP contribution in [0.15, 0.2) is 36.8 Å². The van der Waals surface area contributed by atoms with Gasteiger partial charge in [-0.2, -0.15) is 0 Å². The van der Waals surface area contributed by atoms with Crippen molar-refractivity contribution in [3.8, 4) is 0 Å². The minimum absolute atomic E-state index is 0.496. The molecule has 2 N–H and O–H groups in total. The number of hydrogen-bond acceptors (Lipinski definition) is 4. The summed E-state index contributed by atoms with van der Waals surface area (Å²) < 4.78 is 1.97. The molecule has 0 atom stereocenters. The van der Waals surface area contributed by atoms with Crippen molar-refractivity contribution >= 4 is 17.0 Å². The third-order valence-corrected chi connectivity index (χ3v) is 3.25. The summed E-state index contributed by atoms with van der Waals surface area (Å²) in [5, 5.41) is 0. The highest BCUT2D eigenvalue weighted by Crippen LogP contribution is 2.19. The van der Waals surface area contributed by atoms with Crippen LogP contribution >= 0.6 is 0 Å². The summed E-state index contributed by atoms with van der Waals surface area (Å²) in [5.74, 6) is 0.496. The number of nitrogens with two attached hydrogens (primary N) is 1. The van der Waals surface area contributed by atoms with Crippen molar-refractivity contribution in [3.63, 3.8) is 0 Å². The van der Waals surface area contributed by atoms with Gasteiger partial charge in [0.05, 0.1) is 24.0 Å². The highest BCUT2D eigenvalue weighted by atomic mass is 15.2. The maximum atomic E-state index is 5.99. The van der Waals surface area contributed by atoms with E-state index in [-0.39, 0.29) is 0 Å². The van der Waals surface area contributed by atoms with Gasteiger partial charge in [-0.1, -0.05) is 13.0 Å². The molecule has 0 saturated carbocycles. The van der Waals surface area contributed by atoms with Gasteiger partial charge in [0.2, 0.25) is 5.95 Å². The summed E-state index contributed by atoms with van der Waals surface area (Å²) in [6.07, 6.45) is 6.24. The molecule has 0 aliphatic rings. The fraction of sp³-hybridized carbons (Fsp3) is 0.214. The monoisotopic (exact) mass is 253 g/mol. The molecule has 0 bridgehead atoms. The van der Waals surface area contributed by atoms with Crippen molar-refractivity contribution in [1.82, 2.24) is 19.5 Å². The molecule has 19 heavy (non-hydrogen) atoms. The molecule has 0 spiro atoms. The number of pyridine rings is 2. The molecular weight excluding hydrogens is 238 g/mol. The molecule has 3 aromatic rings. The Balaban J connectivity index is 2.08. The van der Waals surface area contributed by atoms with E-state index in [1.54, 1.807) is 12.4 Å². The fourth-order valence-corrected chi connectivity index (χ4v) is 2.25. The maximum absolute atomic E-state index is 5.99. The average Bonchev–Trinajstić information content (AvgIpc) is 2.76. The van der Waals surface area contributed by atoms with E-state index in [9.17, 15) is 0 Å². The Labute approximate surface area is 111 Å². The van der Waals surface area contributed by atoms with Gasteiger partial charge in [0, 0.05) is 12.4 Å². The van der Waals surface area contributed by atoms with Crippen molar-refractivity contribution in [2.75, 3.05) is 5.73 Å². The van der Waals surface area contributed by atoms with Gasteiger partial charge in [-0.3, -0.25) is 9.97 Å². The van der Waals surface area contributed by atoms with E-state index >= 15 is 0 Å². The predicted octanol–water partition coefficient (Wildman–Crippen LogP) is 2.02. The van der Waals surface area contributed by atoms with Crippen LogP contribution in [0.2, 0.25) is 0 Å². The number of aryl methyl sites for hydroxylation is 1. The number of imidazole rings is 1. The molecule has 0 saturated heterocycles. The fourth-order valence-electron chi connectivity index (χ4n) is 2.25. The van der Waals surface area contributed by atoms with Crippen molar-refractivity contribution < 1.29 is 0 Å². The average molecular weight is 253 g/mol. The second-order valence-electron chi connectivity index (χ2n) is 4.38. The Kier molecular flexibility index (Phi) is 2.87. The second kappa shape index (κ2) is 4.68. The molecule has 3 aromatic heterocycles. The van der Waals surface area contributed by atoms with Crippen molar-refractivity contribution in [2.45, 2.75) is 19.9 Å². The molecular formula is C14H15N5. The lowest BCUT2D eigenvalue weighted by atomic mass is 10.1. The van der Waals surface area contributed by atoms with E-state index < -0.39 is 0 Å². The zero-order valence-electron chi connectivity index (χ0n) is 10.7. The topological polar surface area (TPSA) is 69.6 Å². The zero-order valence-corrected chi connectivity index (χ0v) is 10.7. The van der Waals surface area contributed by atoms with Gasteiger partial charge >= 0.3 is 0 Å². The lowest BCUT2D eigenvalue weighted by molar-refractivity contribution is 0.793. The number of fused-ring (bicyclic) bond motifs is 1. The lowest BCUT2D eigenvalue weighted by Crippen LogP contribution is -2.08. The van der Waals surface area contributed by atoms with E-state index in [2.05, 4.69) is 27.9 Å². The van der Waals surface area contributed by atoms with Crippen LogP contribution in [0.25, 0.3) is 11.0 Å². The van der Waals surface area contributed by atoms with Crippen LogP contribution in [0.4, 0.5) is 5.95 Å². The number of nitrogens with zero attached hydrogens (tertiary/aromatic N) is 4. The molecule has 96 valence electrons. The van der Waals surface area contributed by atoms with Gasteiger partial charge in [-0.05, 0) is 24.1 Å². The van der Waals surface area contributed by atoms with Crippen LogP contribution < -0.4 is 5.73 Å². The van der Waals surface area contributed by atoms with Crippen molar-refractivity contribution in [3.05, 3.63) is 48.0 Å². The molecule has 0 fully saturated rings. The Morgan fingerprint density at radius 3 is 3.00 bits per heavy atom. The molecule has 0 aromatic carbocycles. The SMILES string of the molecule is CCc1cccnc1Cn1c(N)nc2cnccc21. The summed E-state index contributed by atoms with van der Waals surface area (Å²) in [4.78, 5) is 12.8. The van der Waals surface area contributed by atoms with E-state index in [1.165, 1.54) is 5.56 Å². The summed E-state index contributed by atoms with van der Waals surface area (Å²) >= 11 is 0. The highest BCUT2D eigenvalue weighted by Gasteiger charge is 2.10. The largest absolute Gasteiger partial charge is 0.369 e. The summed E-state index contributed by atoms with van der Waals surface area (Å²) in [6.45, 7) is 2.76. The third-order valence-electron chi connectivity index (χ3n) is 3.25. The number of aromatic nitrogens is 4. The Hall–Kier alpha value is -2.43. The number of anilines is 1. The molecule has 0 aliphatic heterocycles. The number of nitrogen functional groups attached to an aromatic ring is 1. The number of rotatable bonds is 3. The van der Waals surface area contributed by atoms with Crippen LogP contribution in [0.1, 0.15) is 18.2 Å². The van der Waals surface area contributed by atoms with Crippen molar-refractivity contribution in [2.24, 2.45) is 0 Å². The van der Waals surface area contributed by atoms with Gasteiger partial charge in [-0.15, -0.1) is 0 Å². The third kappa shape index (κ3) is 2.03. The van der Waals surface area contributed by atoms with Crippen LogP contribution in [0.3, 0.4) is 0 Å². The molecule has 5 nitrogen and oxygen atoms in total. The smallest absolute Gasteiger partial charge is 0.201 e. The summed E-state index contributed by atoms with van der Waals surface area (Å²) in [7, 11) is 0. The number of hydrogen-bond donors (Lipinski definition) is 1. The minimum atomic E-state index is 0.496. The Morgan fingerprint density at radius 1 is 1.26 bits per heavy atom. The minimum Gasteiger partial charge on any atom is -0.369 e.